The molecular formula is C43H73N3O4. The molecule has 1 N–H and O–H groups in total. The topological polar surface area (TPSA) is 86.8 Å². The third kappa shape index (κ3) is 20.3. The zero-order chi connectivity index (χ0) is 36.1. The molecule has 0 bridgehead atoms. The summed E-state index contributed by atoms with van der Waals surface area (Å²) >= 11 is 0. The van der Waals surface area contributed by atoms with E-state index in [1.807, 2.05) is 6.07 Å². The SMILES string of the molecule is CCCCCCCCCCCCCCN(CCCCCCCCCCCCCC)CC(=O)NC1CCC(=O)N(CC(=O)c2ccccc2)C1=O. The molecule has 0 aliphatic carbocycles. The highest BCUT2D eigenvalue weighted by Gasteiger charge is 2.36. The van der Waals surface area contributed by atoms with Gasteiger partial charge in [0, 0.05) is 12.0 Å². The molecule has 0 saturated carbocycles. The lowest BCUT2D eigenvalue weighted by Gasteiger charge is -2.31. The van der Waals surface area contributed by atoms with Gasteiger partial charge in [-0.1, -0.05) is 185 Å². The highest BCUT2D eigenvalue weighted by atomic mass is 16.2. The lowest BCUT2D eigenvalue weighted by Crippen LogP contribution is -2.56. The highest BCUT2D eigenvalue weighted by Crippen LogP contribution is 2.17. The van der Waals surface area contributed by atoms with Crippen molar-refractivity contribution in [2.45, 2.75) is 187 Å². The summed E-state index contributed by atoms with van der Waals surface area (Å²) in [6, 6.07) is 7.93. The van der Waals surface area contributed by atoms with Crippen molar-refractivity contribution in [2.75, 3.05) is 26.2 Å². The molecule has 1 aliphatic heterocycles. The van der Waals surface area contributed by atoms with Crippen LogP contribution in [0, 0.1) is 0 Å². The summed E-state index contributed by atoms with van der Waals surface area (Å²) in [6.45, 7) is 6.27. The molecule has 0 spiro atoms. The number of imide groups is 1. The number of carbonyl (C=O) groups excluding carboxylic acids is 4. The molecule has 1 unspecified atom stereocenters. The van der Waals surface area contributed by atoms with Crippen LogP contribution < -0.4 is 5.32 Å². The third-order valence-electron chi connectivity index (χ3n) is 10.3. The van der Waals surface area contributed by atoms with E-state index >= 15 is 0 Å². The predicted molar refractivity (Wildman–Crippen MR) is 207 cm³/mol. The van der Waals surface area contributed by atoms with E-state index in [-0.39, 0.29) is 43.5 Å². The Labute approximate surface area is 306 Å². The average Bonchev–Trinajstić information content (AvgIpc) is 3.12. The van der Waals surface area contributed by atoms with Crippen LogP contribution in [0.25, 0.3) is 0 Å². The fourth-order valence-corrected chi connectivity index (χ4v) is 7.06. The van der Waals surface area contributed by atoms with Crippen LogP contribution >= 0.6 is 0 Å². The molecule has 1 aromatic rings. The van der Waals surface area contributed by atoms with E-state index < -0.39 is 11.9 Å². The molecule has 1 fully saturated rings. The fourth-order valence-electron chi connectivity index (χ4n) is 7.06. The minimum atomic E-state index is -0.774. The monoisotopic (exact) mass is 696 g/mol. The Morgan fingerprint density at radius 3 is 1.50 bits per heavy atom. The minimum absolute atomic E-state index is 0.139. The molecule has 0 aromatic heterocycles. The summed E-state index contributed by atoms with van der Waals surface area (Å²) in [7, 11) is 0. The zero-order valence-corrected chi connectivity index (χ0v) is 32.2. The molecule has 1 aromatic carbocycles. The number of amides is 3. The minimum Gasteiger partial charge on any atom is -0.343 e. The summed E-state index contributed by atoms with van der Waals surface area (Å²) in [5.41, 5.74) is 0.463. The molecular weight excluding hydrogens is 622 g/mol. The Morgan fingerprint density at radius 1 is 0.640 bits per heavy atom. The van der Waals surface area contributed by atoms with Crippen molar-refractivity contribution in [2.24, 2.45) is 0 Å². The van der Waals surface area contributed by atoms with Gasteiger partial charge in [-0.25, -0.2) is 0 Å². The summed E-state index contributed by atoms with van der Waals surface area (Å²) in [5.74, 6) is -1.29. The van der Waals surface area contributed by atoms with E-state index in [1.165, 1.54) is 141 Å². The van der Waals surface area contributed by atoms with Gasteiger partial charge in [-0.3, -0.25) is 29.0 Å². The standard InChI is InChI=1S/C43H73N3O4/c1-3-5-7-9-11-13-15-17-19-21-23-28-34-45(35-29-24-22-20-18-16-14-12-10-8-6-4-2)37-41(48)44-39-32-33-42(49)46(43(39)50)36-40(47)38-30-26-25-27-31-38/h25-27,30-31,39H,3-24,28-29,32-37H2,1-2H3,(H,44,48). The molecule has 7 heteroatoms. The summed E-state index contributed by atoms with van der Waals surface area (Å²) < 4.78 is 0. The maximum atomic E-state index is 13.3. The number of hydrogen-bond acceptors (Lipinski definition) is 5. The number of ketones is 1. The molecule has 7 nitrogen and oxygen atoms in total. The number of rotatable bonds is 32. The number of likely N-dealkylation sites (tertiary alicyclic amines) is 1. The van der Waals surface area contributed by atoms with Crippen LogP contribution in [0.4, 0.5) is 0 Å². The largest absolute Gasteiger partial charge is 0.343 e. The van der Waals surface area contributed by atoms with Gasteiger partial charge in [0.05, 0.1) is 13.1 Å². The first kappa shape index (κ1) is 43.6. The zero-order valence-electron chi connectivity index (χ0n) is 32.2. The van der Waals surface area contributed by atoms with Crippen molar-refractivity contribution < 1.29 is 19.2 Å². The van der Waals surface area contributed by atoms with Gasteiger partial charge >= 0.3 is 0 Å². The number of Topliss-reactive ketones (excluding diaryl/α,β-unsaturated/α-hetero) is 1. The quantitative estimate of drug-likeness (QED) is 0.0461. The maximum Gasteiger partial charge on any atom is 0.252 e. The van der Waals surface area contributed by atoms with Gasteiger partial charge in [0.15, 0.2) is 5.78 Å². The van der Waals surface area contributed by atoms with Crippen molar-refractivity contribution in [3.8, 4) is 0 Å². The van der Waals surface area contributed by atoms with Gasteiger partial charge in [-0.05, 0) is 32.4 Å². The van der Waals surface area contributed by atoms with Gasteiger partial charge in [-0.15, -0.1) is 0 Å². The van der Waals surface area contributed by atoms with E-state index in [0.717, 1.165) is 30.8 Å². The van der Waals surface area contributed by atoms with Crippen molar-refractivity contribution in [3.63, 3.8) is 0 Å². The first-order chi connectivity index (χ1) is 24.5. The van der Waals surface area contributed by atoms with Crippen LogP contribution in [-0.2, 0) is 14.4 Å². The lowest BCUT2D eigenvalue weighted by molar-refractivity contribution is -0.150. The van der Waals surface area contributed by atoms with E-state index in [0.29, 0.717) is 5.56 Å². The van der Waals surface area contributed by atoms with Crippen LogP contribution in [0.1, 0.15) is 191 Å². The van der Waals surface area contributed by atoms with E-state index in [2.05, 4.69) is 24.1 Å². The smallest absolute Gasteiger partial charge is 0.252 e. The molecule has 50 heavy (non-hydrogen) atoms. The third-order valence-corrected chi connectivity index (χ3v) is 10.3. The van der Waals surface area contributed by atoms with Gasteiger partial charge in [-0.2, -0.15) is 0 Å². The molecule has 284 valence electrons. The van der Waals surface area contributed by atoms with Crippen molar-refractivity contribution in [1.82, 2.24) is 15.1 Å². The molecule has 1 saturated heterocycles. The highest BCUT2D eigenvalue weighted by molar-refractivity contribution is 6.07. The second-order valence-electron chi connectivity index (χ2n) is 14.8. The van der Waals surface area contributed by atoms with Gasteiger partial charge < -0.3 is 5.32 Å². The number of carbonyl (C=O) groups is 4. The Morgan fingerprint density at radius 2 is 1.06 bits per heavy atom. The number of hydrogen-bond donors (Lipinski definition) is 1. The second kappa shape index (κ2) is 29.1. The van der Waals surface area contributed by atoms with E-state index in [1.54, 1.807) is 24.3 Å². The molecule has 3 amide bonds. The number of piperidine rings is 1. The fraction of sp³-hybridized carbons (Fsp3) is 0.767. The van der Waals surface area contributed by atoms with Crippen molar-refractivity contribution in [3.05, 3.63) is 35.9 Å². The van der Waals surface area contributed by atoms with E-state index in [9.17, 15) is 19.2 Å². The first-order valence-electron chi connectivity index (χ1n) is 20.9. The predicted octanol–water partition coefficient (Wildman–Crippen LogP) is 10.2. The van der Waals surface area contributed by atoms with Crippen LogP contribution in [0.2, 0.25) is 0 Å². The Bertz CT molecular complexity index is 1020. The normalized spacial score (nSPS) is 14.9. The van der Waals surface area contributed by atoms with Crippen LogP contribution in [0.3, 0.4) is 0 Å². The maximum absolute atomic E-state index is 13.3. The summed E-state index contributed by atoms with van der Waals surface area (Å²) in [5, 5.41) is 2.92. The number of benzene rings is 1. The van der Waals surface area contributed by atoms with Crippen LogP contribution in [-0.4, -0.2) is 65.5 Å². The van der Waals surface area contributed by atoms with Gasteiger partial charge in [0.25, 0.3) is 5.91 Å². The lowest BCUT2D eigenvalue weighted by atomic mass is 10.0. The van der Waals surface area contributed by atoms with Crippen molar-refractivity contribution >= 4 is 23.5 Å². The Balaban J connectivity index is 1.75. The second-order valence-corrected chi connectivity index (χ2v) is 14.8. The molecule has 1 atom stereocenters. The Hall–Kier alpha value is -2.54. The van der Waals surface area contributed by atoms with Gasteiger partial charge in [0.1, 0.15) is 6.04 Å². The number of nitrogens with zero attached hydrogens (tertiary/aromatic N) is 2. The number of nitrogens with one attached hydrogen (secondary N) is 1. The first-order valence-corrected chi connectivity index (χ1v) is 20.9. The van der Waals surface area contributed by atoms with Gasteiger partial charge in [0.2, 0.25) is 11.8 Å². The average molecular weight is 696 g/mol. The summed E-state index contributed by atoms with van der Waals surface area (Å²) in [4.78, 5) is 55.1. The Kier molecular flexibility index (Phi) is 25.4. The summed E-state index contributed by atoms with van der Waals surface area (Å²) in [6.07, 6.45) is 31.7. The molecule has 1 aliphatic rings. The van der Waals surface area contributed by atoms with E-state index in [4.69, 9.17) is 0 Å². The van der Waals surface area contributed by atoms with Crippen LogP contribution in [0.5, 0.6) is 0 Å². The van der Waals surface area contributed by atoms with Crippen molar-refractivity contribution in [1.29, 1.82) is 0 Å². The molecule has 1 heterocycles. The number of unbranched alkanes of at least 4 members (excludes halogenated alkanes) is 22. The van der Waals surface area contributed by atoms with Crippen LogP contribution in [0.15, 0.2) is 30.3 Å². The molecule has 2 rings (SSSR count). The molecule has 0 radical (unpaired) electrons.